The summed E-state index contributed by atoms with van der Waals surface area (Å²) in [5.41, 5.74) is -1.05. The summed E-state index contributed by atoms with van der Waals surface area (Å²) >= 11 is 0. The van der Waals surface area contributed by atoms with E-state index in [1.807, 2.05) is 0 Å². The van der Waals surface area contributed by atoms with Crippen LogP contribution in [-0.2, 0) is 0 Å². The summed E-state index contributed by atoms with van der Waals surface area (Å²) in [6.45, 7) is 0. The molecule has 1 radical (unpaired) electrons. The largest absolute Gasteiger partial charge is 0.346 e. The molecule has 1 aromatic rings. The van der Waals surface area contributed by atoms with Crippen molar-refractivity contribution < 1.29 is 9.85 Å². The summed E-state index contributed by atoms with van der Waals surface area (Å²) in [4.78, 5) is 18.8. The van der Waals surface area contributed by atoms with E-state index in [1.54, 1.807) is 0 Å². The van der Waals surface area contributed by atoms with E-state index in [4.69, 9.17) is 0 Å². The van der Waals surface area contributed by atoms with Crippen molar-refractivity contribution in [2.45, 2.75) is 0 Å². The van der Waals surface area contributed by atoms with Crippen LogP contribution in [0.5, 0.6) is 0 Å². The van der Waals surface area contributed by atoms with Gasteiger partial charge in [-0.05, 0) is 12.1 Å². The molecule has 0 aromatic heterocycles. The summed E-state index contributed by atoms with van der Waals surface area (Å²) in [7, 11) is 0. The molecule has 1 rings (SSSR count). The number of nitrogens with zero attached hydrogens (tertiary/aromatic N) is 2. The van der Waals surface area contributed by atoms with Crippen molar-refractivity contribution in [1.29, 1.82) is 0 Å². The van der Waals surface area contributed by atoms with Gasteiger partial charge in [-0.1, -0.05) is 0 Å². The number of rotatable bonds is 2. The lowest BCUT2D eigenvalue weighted by molar-refractivity contribution is -0.422. The van der Waals surface area contributed by atoms with Gasteiger partial charge >= 0.3 is 11.4 Å². The number of benzene rings is 1. The Balaban J connectivity index is 3.27. The molecular weight excluding hydrogens is 164 g/mol. The van der Waals surface area contributed by atoms with Crippen molar-refractivity contribution in [2.75, 3.05) is 0 Å². The first-order chi connectivity index (χ1) is 5.63. The summed E-state index contributed by atoms with van der Waals surface area (Å²) in [6.07, 6.45) is 0. The number of hydrogen-bond donors (Lipinski definition) is 0. The second-order valence-corrected chi connectivity index (χ2v) is 1.93. The SMILES string of the molecule is O=[N+]([O-])c1c[c]ccc1[N+](=O)[O-]. The number of nitro groups is 2. The molecule has 0 atom stereocenters. The molecule has 0 aliphatic rings. The van der Waals surface area contributed by atoms with Gasteiger partial charge in [0, 0.05) is 12.1 Å². The first kappa shape index (κ1) is 8.12. The van der Waals surface area contributed by atoms with Crippen LogP contribution in [0.15, 0.2) is 18.2 Å². The Hall–Kier alpha value is -1.98. The highest BCUT2D eigenvalue weighted by atomic mass is 16.6. The Labute approximate surface area is 66.7 Å². The van der Waals surface area contributed by atoms with Gasteiger partial charge in [0.25, 0.3) is 0 Å². The average Bonchev–Trinajstić information content (AvgIpc) is 2.04. The maximum absolute atomic E-state index is 10.2. The van der Waals surface area contributed by atoms with E-state index >= 15 is 0 Å². The fourth-order valence-electron chi connectivity index (χ4n) is 0.714. The molecule has 0 saturated carbocycles. The molecule has 0 bridgehead atoms. The second kappa shape index (κ2) is 2.95. The fourth-order valence-corrected chi connectivity index (χ4v) is 0.714. The van der Waals surface area contributed by atoms with Gasteiger partial charge in [0.15, 0.2) is 0 Å². The molecular formula is C6H3N2O4. The summed E-state index contributed by atoms with van der Waals surface area (Å²) in [5, 5.41) is 20.4. The van der Waals surface area contributed by atoms with E-state index < -0.39 is 21.2 Å². The molecule has 0 aliphatic heterocycles. The van der Waals surface area contributed by atoms with E-state index in [0.29, 0.717) is 0 Å². The van der Waals surface area contributed by atoms with Gasteiger partial charge in [0.1, 0.15) is 0 Å². The molecule has 12 heavy (non-hydrogen) atoms. The molecule has 61 valence electrons. The highest BCUT2D eigenvalue weighted by Crippen LogP contribution is 2.24. The zero-order valence-electron chi connectivity index (χ0n) is 5.76. The van der Waals surface area contributed by atoms with Gasteiger partial charge in [-0.2, -0.15) is 0 Å². The predicted octanol–water partition coefficient (Wildman–Crippen LogP) is 1.30. The van der Waals surface area contributed by atoms with Crippen LogP contribution in [0.2, 0.25) is 0 Å². The Morgan fingerprint density at radius 3 is 2.17 bits per heavy atom. The topological polar surface area (TPSA) is 86.3 Å². The van der Waals surface area contributed by atoms with Gasteiger partial charge in [0.2, 0.25) is 0 Å². The van der Waals surface area contributed by atoms with E-state index in [0.717, 1.165) is 12.1 Å². The van der Waals surface area contributed by atoms with Crippen LogP contribution in [0, 0.1) is 26.3 Å². The summed E-state index contributed by atoms with van der Waals surface area (Å²) < 4.78 is 0. The van der Waals surface area contributed by atoms with Crippen molar-refractivity contribution in [3.63, 3.8) is 0 Å². The summed E-state index contributed by atoms with van der Waals surface area (Å²) in [6, 6.07) is 5.66. The van der Waals surface area contributed by atoms with Gasteiger partial charge in [-0.15, -0.1) is 0 Å². The van der Waals surface area contributed by atoms with Gasteiger partial charge in [0.05, 0.1) is 9.85 Å². The molecule has 0 amide bonds. The Kier molecular flexibility index (Phi) is 2.00. The smallest absolute Gasteiger partial charge is 0.258 e. The van der Waals surface area contributed by atoms with Crippen LogP contribution in [-0.4, -0.2) is 9.85 Å². The van der Waals surface area contributed by atoms with Crippen molar-refractivity contribution >= 4 is 11.4 Å². The van der Waals surface area contributed by atoms with Crippen LogP contribution >= 0.6 is 0 Å². The number of hydrogen-bond acceptors (Lipinski definition) is 4. The van der Waals surface area contributed by atoms with Crippen LogP contribution in [0.4, 0.5) is 11.4 Å². The monoisotopic (exact) mass is 167 g/mol. The van der Waals surface area contributed by atoms with Crippen LogP contribution in [0.1, 0.15) is 0 Å². The van der Waals surface area contributed by atoms with Gasteiger partial charge in [-0.25, -0.2) is 0 Å². The third-order valence-electron chi connectivity index (χ3n) is 1.21. The molecule has 0 fully saturated rings. The van der Waals surface area contributed by atoms with Gasteiger partial charge < -0.3 is 0 Å². The molecule has 0 heterocycles. The average molecular weight is 167 g/mol. The Morgan fingerprint density at radius 1 is 1.17 bits per heavy atom. The molecule has 6 nitrogen and oxygen atoms in total. The van der Waals surface area contributed by atoms with Crippen LogP contribution in [0.25, 0.3) is 0 Å². The zero-order valence-corrected chi connectivity index (χ0v) is 5.76. The molecule has 0 unspecified atom stereocenters. The van der Waals surface area contributed by atoms with E-state index in [2.05, 4.69) is 6.07 Å². The molecule has 0 aliphatic carbocycles. The standard InChI is InChI=1S/C6H3N2O4/c9-7(10)5-3-1-2-4-6(5)8(11)12/h1,3-4H. The first-order valence-corrected chi connectivity index (χ1v) is 2.92. The quantitative estimate of drug-likeness (QED) is 0.490. The minimum absolute atomic E-state index is 0.515. The maximum Gasteiger partial charge on any atom is 0.346 e. The highest BCUT2D eigenvalue weighted by Gasteiger charge is 2.21. The lowest BCUT2D eigenvalue weighted by Gasteiger charge is -1.91. The second-order valence-electron chi connectivity index (χ2n) is 1.93. The highest BCUT2D eigenvalue weighted by molar-refractivity contribution is 5.51. The van der Waals surface area contributed by atoms with Crippen LogP contribution in [0.3, 0.4) is 0 Å². The van der Waals surface area contributed by atoms with Crippen molar-refractivity contribution in [3.8, 4) is 0 Å². The maximum atomic E-state index is 10.2. The Bertz CT molecular complexity index is 303. The number of nitro benzene ring substituents is 2. The lowest BCUT2D eigenvalue weighted by Crippen LogP contribution is -1.95. The van der Waals surface area contributed by atoms with Crippen molar-refractivity contribution in [3.05, 3.63) is 44.5 Å². The first-order valence-electron chi connectivity index (χ1n) is 2.92. The lowest BCUT2D eigenvalue weighted by atomic mass is 10.3. The fraction of sp³-hybridized carbons (Fsp3) is 0. The molecule has 0 saturated heterocycles. The normalized spacial score (nSPS) is 9.33. The van der Waals surface area contributed by atoms with E-state index in [-0.39, 0.29) is 0 Å². The molecule has 0 N–H and O–H groups in total. The summed E-state index contributed by atoms with van der Waals surface area (Å²) in [5.74, 6) is 0. The predicted molar refractivity (Wildman–Crippen MR) is 38.6 cm³/mol. The molecule has 0 spiro atoms. The van der Waals surface area contributed by atoms with Crippen molar-refractivity contribution in [2.24, 2.45) is 0 Å². The van der Waals surface area contributed by atoms with Crippen molar-refractivity contribution in [1.82, 2.24) is 0 Å². The minimum atomic E-state index is -0.811. The van der Waals surface area contributed by atoms with E-state index in [9.17, 15) is 20.2 Å². The third-order valence-corrected chi connectivity index (χ3v) is 1.21. The minimum Gasteiger partial charge on any atom is -0.258 e. The molecule has 1 aromatic carbocycles. The van der Waals surface area contributed by atoms with E-state index in [1.165, 1.54) is 6.07 Å². The Morgan fingerprint density at radius 2 is 1.75 bits per heavy atom. The molecule has 6 heteroatoms. The zero-order chi connectivity index (χ0) is 9.14. The third kappa shape index (κ3) is 1.36. The van der Waals surface area contributed by atoms with Gasteiger partial charge in [-0.3, -0.25) is 20.2 Å². The van der Waals surface area contributed by atoms with Crippen LogP contribution < -0.4 is 0 Å².